The van der Waals surface area contributed by atoms with Crippen LogP contribution in [0.15, 0.2) is 0 Å². The molecule has 5 heteroatoms. The maximum Gasteiger partial charge on any atom is 0.335 e. The molecule has 0 aromatic rings. The fourth-order valence-corrected chi connectivity index (χ4v) is 1.93. The van der Waals surface area contributed by atoms with Gasteiger partial charge < -0.3 is 19.3 Å². The van der Waals surface area contributed by atoms with Gasteiger partial charge in [-0.15, -0.1) is 0 Å². The third-order valence-electron chi connectivity index (χ3n) is 2.66. The zero-order chi connectivity index (χ0) is 13.1. The van der Waals surface area contributed by atoms with Gasteiger partial charge in [-0.25, -0.2) is 4.79 Å². The summed E-state index contributed by atoms with van der Waals surface area (Å²) in [6, 6.07) is 0. The minimum Gasteiger partial charge on any atom is -0.461 e. The molecule has 2 atom stereocenters. The van der Waals surface area contributed by atoms with Gasteiger partial charge in [-0.1, -0.05) is 0 Å². The van der Waals surface area contributed by atoms with Gasteiger partial charge in [-0.2, -0.15) is 0 Å². The number of ether oxygens (including phenoxy) is 3. The van der Waals surface area contributed by atoms with Crippen molar-refractivity contribution in [1.82, 2.24) is 0 Å². The zero-order valence-corrected chi connectivity index (χ0v) is 10.9. The molecule has 0 bridgehead atoms. The number of aliphatic hydroxyl groups excluding tert-OH is 1. The van der Waals surface area contributed by atoms with Crippen LogP contribution in [0.1, 0.15) is 34.1 Å². The second-order valence-corrected chi connectivity index (χ2v) is 4.42. The second-order valence-electron chi connectivity index (χ2n) is 4.42. The van der Waals surface area contributed by atoms with E-state index in [1.165, 1.54) is 0 Å². The maximum absolute atomic E-state index is 11.5. The third-order valence-corrected chi connectivity index (χ3v) is 2.66. The first-order valence-corrected chi connectivity index (χ1v) is 6.13. The Bertz CT molecular complexity index is 258. The summed E-state index contributed by atoms with van der Waals surface area (Å²) in [6.07, 6.45) is -0.872. The molecular formula is C12H22O5. The summed E-state index contributed by atoms with van der Waals surface area (Å²) in [7, 11) is 0. The van der Waals surface area contributed by atoms with Gasteiger partial charge in [0.25, 0.3) is 0 Å². The van der Waals surface area contributed by atoms with Gasteiger partial charge in [0.2, 0.25) is 0 Å². The third kappa shape index (κ3) is 3.40. The van der Waals surface area contributed by atoms with Crippen LogP contribution in [0.3, 0.4) is 0 Å². The van der Waals surface area contributed by atoms with Crippen LogP contribution in [-0.2, 0) is 19.0 Å². The first-order valence-electron chi connectivity index (χ1n) is 6.13. The quantitative estimate of drug-likeness (QED) is 0.538. The number of esters is 1. The van der Waals surface area contributed by atoms with Crippen molar-refractivity contribution in [2.24, 2.45) is 5.92 Å². The van der Waals surface area contributed by atoms with Crippen LogP contribution in [0.5, 0.6) is 0 Å². The van der Waals surface area contributed by atoms with E-state index >= 15 is 0 Å². The van der Waals surface area contributed by atoms with Crippen LogP contribution in [0.4, 0.5) is 0 Å². The first kappa shape index (κ1) is 14.4. The molecule has 0 radical (unpaired) electrons. The standard InChI is InChI=1S/C12H22O5/c1-5-15-12(16-6-2)7-9(12)10(13)11(14)17-8(3)4/h8-10,13H,5-7H2,1-4H3. The van der Waals surface area contributed by atoms with Crippen molar-refractivity contribution < 1.29 is 24.1 Å². The topological polar surface area (TPSA) is 65.0 Å². The van der Waals surface area contributed by atoms with E-state index in [9.17, 15) is 9.90 Å². The van der Waals surface area contributed by atoms with Crippen molar-refractivity contribution in [1.29, 1.82) is 0 Å². The van der Waals surface area contributed by atoms with Crippen molar-refractivity contribution in [2.45, 2.75) is 52.1 Å². The fraction of sp³-hybridized carbons (Fsp3) is 0.917. The summed E-state index contributed by atoms with van der Waals surface area (Å²) in [5, 5.41) is 9.86. The molecule has 5 nitrogen and oxygen atoms in total. The van der Waals surface area contributed by atoms with E-state index in [2.05, 4.69) is 0 Å². The molecule has 0 spiro atoms. The predicted octanol–water partition coefficient (Wildman–Crippen LogP) is 1.09. The Morgan fingerprint density at radius 3 is 2.29 bits per heavy atom. The summed E-state index contributed by atoms with van der Waals surface area (Å²) < 4.78 is 15.9. The number of aliphatic hydroxyl groups is 1. The van der Waals surface area contributed by atoms with Gasteiger partial charge in [0.1, 0.15) is 0 Å². The Balaban J connectivity index is 2.54. The molecule has 1 saturated carbocycles. The van der Waals surface area contributed by atoms with Gasteiger partial charge in [-0.05, 0) is 27.7 Å². The highest BCUT2D eigenvalue weighted by atomic mass is 16.7. The summed E-state index contributed by atoms with van der Waals surface area (Å²) in [5.74, 6) is -1.72. The normalized spacial score (nSPS) is 23.5. The molecule has 0 heterocycles. The molecule has 2 unspecified atom stereocenters. The van der Waals surface area contributed by atoms with E-state index in [-0.39, 0.29) is 12.0 Å². The average molecular weight is 246 g/mol. The van der Waals surface area contributed by atoms with E-state index in [0.717, 1.165) is 0 Å². The zero-order valence-electron chi connectivity index (χ0n) is 10.9. The van der Waals surface area contributed by atoms with Gasteiger partial charge >= 0.3 is 5.97 Å². The van der Waals surface area contributed by atoms with Crippen LogP contribution >= 0.6 is 0 Å². The minimum atomic E-state index is -1.17. The lowest BCUT2D eigenvalue weighted by Gasteiger charge is -2.20. The van der Waals surface area contributed by atoms with Gasteiger partial charge in [0.05, 0.1) is 12.0 Å². The Kier molecular flexibility index (Phi) is 4.91. The molecule has 0 amide bonds. The number of carbonyl (C=O) groups excluding carboxylic acids is 1. The van der Waals surface area contributed by atoms with Crippen molar-refractivity contribution in [3.8, 4) is 0 Å². The highest BCUT2D eigenvalue weighted by Crippen LogP contribution is 2.50. The summed E-state index contributed by atoms with van der Waals surface area (Å²) in [4.78, 5) is 11.5. The van der Waals surface area contributed by atoms with Crippen LogP contribution in [-0.4, -0.2) is 42.3 Å². The molecular weight excluding hydrogens is 224 g/mol. The van der Waals surface area contributed by atoms with Crippen molar-refractivity contribution in [2.75, 3.05) is 13.2 Å². The van der Waals surface area contributed by atoms with Gasteiger partial charge in [0, 0.05) is 19.6 Å². The van der Waals surface area contributed by atoms with E-state index in [0.29, 0.717) is 19.6 Å². The molecule has 17 heavy (non-hydrogen) atoms. The molecule has 0 aliphatic heterocycles. The molecule has 1 aliphatic carbocycles. The fourth-order valence-electron chi connectivity index (χ4n) is 1.93. The largest absolute Gasteiger partial charge is 0.461 e. The Labute approximate surface area is 102 Å². The lowest BCUT2D eigenvalue weighted by molar-refractivity contribution is -0.187. The molecule has 0 saturated heterocycles. The number of hydrogen-bond donors (Lipinski definition) is 1. The Hall–Kier alpha value is -0.650. The lowest BCUT2D eigenvalue weighted by Crippen LogP contribution is -2.33. The summed E-state index contributed by atoms with van der Waals surface area (Å²) >= 11 is 0. The number of hydrogen-bond acceptors (Lipinski definition) is 5. The molecule has 0 aromatic carbocycles. The number of rotatable bonds is 7. The average Bonchev–Trinajstić information content (AvgIpc) is 2.91. The van der Waals surface area contributed by atoms with E-state index < -0.39 is 17.9 Å². The lowest BCUT2D eigenvalue weighted by atomic mass is 10.2. The minimum absolute atomic E-state index is 0.232. The van der Waals surface area contributed by atoms with Crippen molar-refractivity contribution in [3.05, 3.63) is 0 Å². The highest BCUT2D eigenvalue weighted by molar-refractivity contribution is 5.75. The first-order chi connectivity index (χ1) is 7.96. The molecule has 1 rings (SSSR count). The van der Waals surface area contributed by atoms with Crippen LogP contribution in [0, 0.1) is 5.92 Å². The monoisotopic (exact) mass is 246 g/mol. The summed E-state index contributed by atoms with van der Waals surface area (Å²) in [6.45, 7) is 8.18. The Morgan fingerprint density at radius 2 is 1.88 bits per heavy atom. The molecule has 1 fully saturated rings. The molecule has 1 aliphatic rings. The van der Waals surface area contributed by atoms with Crippen LogP contribution < -0.4 is 0 Å². The predicted molar refractivity (Wildman–Crippen MR) is 61.3 cm³/mol. The SMILES string of the molecule is CCOC1(OCC)CC1C(O)C(=O)OC(C)C. The Morgan fingerprint density at radius 1 is 1.35 bits per heavy atom. The molecule has 1 N–H and O–H groups in total. The molecule has 100 valence electrons. The van der Waals surface area contributed by atoms with E-state index in [1.54, 1.807) is 13.8 Å². The number of carbonyl (C=O) groups is 1. The highest BCUT2D eigenvalue weighted by Gasteiger charge is 2.62. The van der Waals surface area contributed by atoms with Crippen molar-refractivity contribution in [3.63, 3.8) is 0 Å². The summed E-state index contributed by atoms with van der Waals surface area (Å²) in [5.41, 5.74) is 0. The van der Waals surface area contributed by atoms with Crippen LogP contribution in [0.2, 0.25) is 0 Å². The van der Waals surface area contributed by atoms with Crippen molar-refractivity contribution >= 4 is 5.97 Å². The second kappa shape index (κ2) is 5.80. The van der Waals surface area contributed by atoms with E-state index in [4.69, 9.17) is 14.2 Å². The molecule has 0 aromatic heterocycles. The van der Waals surface area contributed by atoms with Crippen LogP contribution in [0.25, 0.3) is 0 Å². The maximum atomic E-state index is 11.5. The van der Waals surface area contributed by atoms with Gasteiger partial charge in [0.15, 0.2) is 11.9 Å². The smallest absolute Gasteiger partial charge is 0.335 e. The van der Waals surface area contributed by atoms with Gasteiger partial charge in [-0.3, -0.25) is 0 Å². The van der Waals surface area contributed by atoms with E-state index in [1.807, 2.05) is 13.8 Å².